The lowest BCUT2D eigenvalue weighted by Crippen LogP contribution is -2.40. The van der Waals surface area contributed by atoms with Crippen molar-refractivity contribution in [3.8, 4) is 0 Å². The molecule has 6 nitrogen and oxygen atoms in total. The fourth-order valence-electron chi connectivity index (χ4n) is 1.51. The highest BCUT2D eigenvalue weighted by Crippen LogP contribution is 2.26. The molecule has 1 aliphatic rings. The highest BCUT2D eigenvalue weighted by Gasteiger charge is 2.23. The Bertz CT molecular complexity index is 412. The fourth-order valence-corrected chi connectivity index (χ4v) is 1.63. The Morgan fingerprint density at radius 1 is 1.69 bits per heavy atom. The number of amides is 1. The first-order chi connectivity index (χ1) is 7.70. The molecule has 0 bridgehead atoms. The van der Waals surface area contributed by atoms with E-state index in [0.717, 1.165) is 0 Å². The maximum absolute atomic E-state index is 11.4. The molecule has 1 aromatic heterocycles. The van der Waals surface area contributed by atoms with E-state index < -0.39 is 0 Å². The van der Waals surface area contributed by atoms with Gasteiger partial charge in [-0.15, -0.1) is 0 Å². The fraction of sp³-hybridized carbons (Fsp3) is 0.444. The maximum atomic E-state index is 11.4. The van der Waals surface area contributed by atoms with Crippen molar-refractivity contribution < 1.29 is 9.53 Å². The van der Waals surface area contributed by atoms with Crippen LogP contribution in [-0.4, -0.2) is 42.7 Å². The van der Waals surface area contributed by atoms with Gasteiger partial charge in [-0.25, -0.2) is 4.98 Å². The van der Waals surface area contributed by atoms with Gasteiger partial charge < -0.3 is 15.0 Å². The Kier molecular flexibility index (Phi) is 3.21. The van der Waals surface area contributed by atoms with E-state index in [4.69, 9.17) is 16.3 Å². The summed E-state index contributed by atoms with van der Waals surface area (Å²) in [6, 6.07) is 0. The van der Waals surface area contributed by atoms with E-state index in [0.29, 0.717) is 24.7 Å². The van der Waals surface area contributed by atoms with Gasteiger partial charge in [-0.2, -0.15) is 4.98 Å². The number of ether oxygens (including phenoxy) is 1. The lowest BCUT2D eigenvalue weighted by atomic mass is 10.3. The van der Waals surface area contributed by atoms with E-state index in [2.05, 4.69) is 15.3 Å². The van der Waals surface area contributed by atoms with Crippen LogP contribution in [0.5, 0.6) is 0 Å². The molecule has 2 rings (SSSR count). The van der Waals surface area contributed by atoms with Gasteiger partial charge in [-0.05, 0) is 11.6 Å². The van der Waals surface area contributed by atoms with E-state index in [1.807, 2.05) is 4.90 Å². The molecule has 0 spiro atoms. The van der Waals surface area contributed by atoms with Crippen LogP contribution in [0.25, 0.3) is 0 Å². The number of aromatic nitrogens is 2. The van der Waals surface area contributed by atoms with Gasteiger partial charge in [0.25, 0.3) is 0 Å². The molecule has 0 aromatic carbocycles. The maximum Gasteiger partial charge on any atom is 0.244 e. The monoisotopic (exact) mass is 242 g/mol. The molecular weight excluding hydrogens is 232 g/mol. The zero-order valence-electron chi connectivity index (χ0n) is 8.73. The van der Waals surface area contributed by atoms with Gasteiger partial charge in [0.2, 0.25) is 11.2 Å². The molecule has 0 aliphatic carbocycles. The van der Waals surface area contributed by atoms with E-state index >= 15 is 0 Å². The number of halogens is 1. The van der Waals surface area contributed by atoms with Gasteiger partial charge in [0, 0.05) is 13.7 Å². The highest BCUT2D eigenvalue weighted by molar-refractivity contribution is 6.28. The average molecular weight is 243 g/mol. The summed E-state index contributed by atoms with van der Waals surface area (Å²) in [5.74, 6) is 0.547. The first-order valence-electron chi connectivity index (χ1n) is 4.77. The van der Waals surface area contributed by atoms with E-state index in [-0.39, 0.29) is 17.7 Å². The highest BCUT2D eigenvalue weighted by atomic mass is 35.5. The van der Waals surface area contributed by atoms with E-state index in [9.17, 15) is 4.79 Å². The Morgan fingerprint density at radius 2 is 2.50 bits per heavy atom. The molecule has 0 unspecified atom stereocenters. The van der Waals surface area contributed by atoms with E-state index in [1.165, 1.54) is 6.20 Å². The predicted molar refractivity (Wildman–Crippen MR) is 59.8 cm³/mol. The Balaban J connectivity index is 2.28. The van der Waals surface area contributed by atoms with Gasteiger partial charge in [0.1, 0.15) is 5.69 Å². The molecule has 1 amide bonds. The van der Waals surface area contributed by atoms with Crippen molar-refractivity contribution in [3.63, 3.8) is 0 Å². The van der Waals surface area contributed by atoms with Crippen LogP contribution in [0, 0.1) is 0 Å². The minimum absolute atomic E-state index is 0.0884. The average Bonchev–Trinajstić information content (AvgIpc) is 2.26. The third kappa shape index (κ3) is 2.23. The summed E-state index contributed by atoms with van der Waals surface area (Å²) in [5, 5.41) is 2.85. The smallest absolute Gasteiger partial charge is 0.244 e. The number of hydrogen-bond acceptors (Lipinski definition) is 5. The van der Waals surface area contributed by atoms with Crippen molar-refractivity contribution in [2.45, 2.75) is 0 Å². The van der Waals surface area contributed by atoms with Crippen LogP contribution in [0.2, 0.25) is 5.28 Å². The molecule has 2 heterocycles. The lowest BCUT2D eigenvalue weighted by Gasteiger charge is -2.28. The Hall–Kier alpha value is -1.40. The molecule has 86 valence electrons. The normalized spacial score (nSPS) is 14.6. The lowest BCUT2D eigenvalue weighted by molar-refractivity contribution is -0.115. The number of nitrogens with one attached hydrogen (secondary N) is 1. The van der Waals surface area contributed by atoms with Crippen LogP contribution >= 0.6 is 11.6 Å². The number of carbonyl (C=O) groups excluding carboxylic acids is 1. The van der Waals surface area contributed by atoms with Crippen molar-refractivity contribution in [2.75, 3.05) is 37.0 Å². The number of anilines is 2. The summed E-state index contributed by atoms with van der Waals surface area (Å²) < 4.78 is 4.98. The SMILES string of the molecule is COCCN1CC(=O)Nc2cnc(Cl)nc21. The van der Waals surface area contributed by atoms with Crippen LogP contribution in [0.15, 0.2) is 6.20 Å². The van der Waals surface area contributed by atoms with Crippen molar-refractivity contribution in [3.05, 3.63) is 11.5 Å². The molecule has 0 saturated heterocycles. The minimum atomic E-state index is -0.0884. The Morgan fingerprint density at radius 3 is 3.25 bits per heavy atom. The summed E-state index contributed by atoms with van der Waals surface area (Å²) in [4.78, 5) is 21.1. The number of hydrogen-bond donors (Lipinski definition) is 1. The molecule has 0 saturated carbocycles. The molecular formula is C9H11ClN4O2. The number of fused-ring (bicyclic) bond motifs is 1. The number of methoxy groups -OCH3 is 1. The summed E-state index contributed by atoms with van der Waals surface area (Å²) in [6.45, 7) is 1.36. The van der Waals surface area contributed by atoms with Crippen molar-refractivity contribution in [1.29, 1.82) is 0 Å². The largest absolute Gasteiger partial charge is 0.383 e. The zero-order chi connectivity index (χ0) is 11.5. The molecule has 0 fully saturated rings. The summed E-state index contributed by atoms with van der Waals surface area (Å²) >= 11 is 5.72. The van der Waals surface area contributed by atoms with Crippen molar-refractivity contribution >= 4 is 29.0 Å². The third-order valence-electron chi connectivity index (χ3n) is 2.21. The van der Waals surface area contributed by atoms with Crippen LogP contribution < -0.4 is 10.2 Å². The van der Waals surface area contributed by atoms with Crippen molar-refractivity contribution in [1.82, 2.24) is 9.97 Å². The van der Waals surface area contributed by atoms with E-state index in [1.54, 1.807) is 7.11 Å². The van der Waals surface area contributed by atoms with Crippen LogP contribution in [-0.2, 0) is 9.53 Å². The topological polar surface area (TPSA) is 67.3 Å². The molecule has 16 heavy (non-hydrogen) atoms. The number of carbonyl (C=O) groups is 1. The first kappa shape index (κ1) is 11.1. The first-order valence-corrected chi connectivity index (χ1v) is 5.15. The predicted octanol–water partition coefficient (Wildman–Crippen LogP) is 0.535. The van der Waals surface area contributed by atoms with Gasteiger partial charge in [-0.1, -0.05) is 0 Å². The molecule has 0 radical (unpaired) electrons. The van der Waals surface area contributed by atoms with Crippen LogP contribution in [0.3, 0.4) is 0 Å². The molecule has 1 aromatic rings. The second-order valence-electron chi connectivity index (χ2n) is 3.34. The molecule has 1 N–H and O–H groups in total. The quantitative estimate of drug-likeness (QED) is 0.784. The second kappa shape index (κ2) is 4.63. The third-order valence-corrected chi connectivity index (χ3v) is 2.39. The number of rotatable bonds is 3. The minimum Gasteiger partial charge on any atom is -0.383 e. The summed E-state index contributed by atoms with van der Waals surface area (Å²) in [6.07, 6.45) is 1.50. The van der Waals surface area contributed by atoms with Gasteiger partial charge in [0.15, 0.2) is 5.82 Å². The standard InChI is InChI=1S/C9H11ClN4O2/c1-16-3-2-14-5-7(15)12-6-4-11-9(10)13-8(6)14/h4H,2-3,5H2,1H3,(H,12,15). The molecule has 1 aliphatic heterocycles. The zero-order valence-corrected chi connectivity index (χ0v) is 9.49. The van der Waals surface area contributed by atoms with Gasteiger partial charge >= 0.3 is 0 Å². The Labute approximate surface area is 97.6 Å². The second-order valence-corrected chi connectivity index (χ2v) is 3.68. The number of nitrogens with zero attached hydrogens (tertiary/aromatic N) is 3. The van der Waals surface area contributed by atoms with Gasteiger partial charge in [0.05, 0.1) is 19.3 Å². The van der Waals surface area contributed by atoms with Crippen molar-refractivity contribution in [2.24, 2.45) is 0 Å². The van der Waals surface area contributed by atoms with Gasteiger partial charge in [-0.3, -0.25) is 4.79 Å². The molecule has 0 atom stereocenters. The van der Waals surface area contributed by atoms with Crippen LogP contribution in [0.4, 0.5) is 11.5 Å². The summed E-state index contributed by atoms with van der Waals surface area (Å²) in [5.41, 5.74) is 0.580. The molecule has 7 heteroatoms. The van der Waals surface area contributed by atoms with Crippen LogP contribution in [0.1, 0.15) is 0 Å². The summed E-state index contributed by atoms with van der Waals surface area (Å²) in [7, 11) is 1.61.